The number of aromatic nitrogens is 1. The molecular weight excluding hydrogens is 218 g/mol. The van der Waals surface area contributed by atoms with Gasteiger partial charge >= 0.3 is 0 Å². The van der Waals surface area contributed by atoms with E-state index in [1.54, 1.807) is 12.1 Å². The molecule has 1 rings (SSSR count). The number of oxime groups is 1. The van der Waals surface area contributed by atoms with Gasteiger partial charge in [0.15, 0.2) is 5.84 Å². The fourth-order valence-electron chi connectivity index (χ4n) is 1.23. The van der Waals surface area contributed by atoms with E-state index in [-0.39, 0.29) is 11.9 Å². The molecule has 1 atom stereocenters. The van der Waals surface area contributed by atoms with Gasteiger partial charge in [0.1, 0.15) is 0 Å². The molecule has 0 saturated carbocycles. The van der Waals surface area contributed by atoms with Crippen molar-refractivity contribution < 1.29 is 9.94 Å². The van der Waals surface area contributed by atoms with E-state index < -0.39 is 0 Å². The van der Waals surface area contributed by atoms with Gasteiger partial charge in [0.05, 0.1) is 6.10 Å². The number of nitrogens with two attached hydrogens (primary N) is 1. The molecule has 5 heteroatoms. The third-order valence-electron chi connectivity index (χ3n) is 2.58. The second-order valence-corrected chi connectivity index (χ2v) is 4.39. The summed E-state index contributed by atoms with van der Waals surface area (Å²) in [5, 5.41) is 11.6. The Balaban J connectivity index is 2.98. The van der Waals surface area contributed by atoms with Gasteiger partial charge in [-0.2, -0.15) is 0 Å². The Kier molecular flexibility index (Phi) is 4.31. The third-order valence-corrected chi connectivity index (χ3v) is 2.58. The van der Waals surface area contributed by atoms with E-state index in [4.69, 9.17) is 15.7 Å². The summed E-state index contributed by atoms with van der Waals surface area (Å²) < 4.78 is 5.69. The van der Waals surface area contributed by atoms with E-state index in [2.05, 4.69) is 24.0 Å². The summed E-state index contributed by atoms with van der Waals surface area (Å²) in [5.74, 6) is 0.940. The molecule has 0 aliphatic heterocycles. The van der Waals surface area contributed by atoms with Gasteiger partial charge in [0.2, 0.25) is 5.88 Å². The molecule has 17 heavy (non-hydrogen) atoms. The first kappa shape index (κ1) is 13.3. The van der Waals surface area contributed by atoms with Gasteiger partial charge in [-0.3, -0.25) is 0 Å². The molecule has 94 valence electrons. The summed E-state index contributed by atoms with van der Waals surface area (Å²) in [7, 11) is 0. The molecule has 0 saturated heterocycles. The third kappa shape index (κ3) is 3.62. The van der Waals surface area contributed by atoms with E-state index in [1.807, 2.05) is 13.8 Å². The maximum absolute atomic E-state index is 8.64. The van der Waals surface area contributed by atoms with Crippen molar-refractivity contribution in [3.8, 4) is 5.88 Å². The van der Waals surface area contributed by atoms with E-state index in [0.717, 1.165) is 5.69 Å². The number of hydrogen-bond acceptors (Lipinski definition) is 4. The molecule has 0 spiro atoms. The van der Waals surface area contributed by atoms with E-state index in [0.29, 0.717) is 17.4 Å². The lowest BCUT2D eigenvalue weighted by Gasteiger charge is -2.17. The highest BCUT2D eigenvalue weighted by Gasteiger charge is 2.11. The first-order chi connectivity index (χ1) is 7.93. The molecule has 0 bridgehead atoms. The van der Waals surface area contributed by atoms with Crippen molar-refractivity contribution in [1.29, 1.82) is 0 Å². The Morgan fingerprint density at radius 3 is 2.59 bits per heavy atom. The minimum absolute atomic E-state index is 0.0533. The molecule has 1 aromatic rings. The molecule has 0 aliphatic carbocycles. The van der Waals surface area contributed by atoms with E-state index in [9.17, 15) is 0 Å². The number of nitrogens with zero attached hydrogens (tertiary/aromatic N) is 2. The van der Waals surface area contributed by atoms with Crippen LogP contribution in [0.1, 0.15) is 32.0 Å². The Labute approximate surface area is 101 Å². The summed E-state index contributed by atoms with van der Waals surface area (Å²) in [6.45, 7) is 7.97. The van der Waals surface area contributed by atoms with Gasteiger partial charge in [-0.15, -0.1) is 0 Å². The molecule has 0 aliphatic rings. The molecule has 1 unspecified atom stereocenters. The van der Waals surface area contributed by atoms with E-state index >= 15 is 0 Å². The predicted molar refractivity (Wildman–Crippen MR) is 66.4 cm³/mol. The SMILES string of the molecule is Cc1cc(/C(N)=N/O)cc(OC(C)C(C)C)n1. The second-order valence-electron chi connectivity index (χ2n) is 4.39. The van der Waals surface area contributed by atoms with Crippen LogP contribution in [-0.4, -0.2) is 22.1 Å². The zero-order valence-electron chi connectivity index (χ0n) is 10.6. The number of amidine groups is 1. The highest BCUT2D eigenvalue weighted by atomic mass is 16.5. The van der Waals surface area contributed by atoms with Gasteiger partial charge in [0.25, 0.3) is 0 Å². The highest BCUT2D eigenvalue weighted by Crippen LogP contribution is 2.16. The minimum Gasteiger partial charge on any atom is -0.474 e. The van der Waals surface area contributed by atoms with Crippen LogP contribution in [0.2, 0.25) is 0 Å². The van der Waals surface area contributed by atoms with Crippen molar-refractivity contribution in [3.63, 3.8) is 0 Å². The van der Waals surface area contributed by atoms with Crippen molar-refractivity contribution in [2.75, 3.05) is 0 Å². The summed E-state index contributed by atoms with van der Waals surface area (Å²) >= 11 is 0. The van der Waals surface area contributed by atoms with Crippen LogP contribution in [0.25, 0.3) is 0 Å². The van der Waals surface area contributed by atoms with Gasteiger partial charge in [-0.1, -0.05) is 19.0 Å². The van der Waals surface area contributed by atoms with Gasteiger partial charge in [0, 0.05) is 17.3 Å². The van der Waals surface area contributed by atoms with Crippen LogP contribution in [0.4, 0.5) is 0 Å². The standard InChI is InChI=1S/C12H19N3O2/c1-7(2)9(4)17-11-6-10(12(13)15-16)5-8(3)14-11/h5-7,9,16H,1-4H3,(H2,13,15). The molecule has 0 amide bonds. The average molecular weight is 237 g/mol. The quantitative estimate of drug-likeness (QED) is 0.363. The molecule has 0 fully saturated rings. The topological polar surface area (TPSA) is 80.7 Å². The van der Waals surface area contributed by atoms with Crippen LogP contribution < -0.4 is 10.5 Å². The monoisotopic (exact) mass is 237 g/mol. The van der Waals surface area contributed by atoms with Crippen LogP contribution in [0.15, 0.2) is 17.3 Å². The number of aryl methyl sites for hydroxylation is 1. The normalized spacial score (nSPS) is 13.8. The first-order valence-electron chi connectivity index (χ1n) is 5.57. The number of hydrogen-bond donors (Lipinski definition) is 2. The zero-order chi connectivity index (χ0) is 13.0. The van der Waals surface area contributed by atoms with Crippen molar-refractivity contribution in [2.45, 2.75) is 33.8 Å². The average Bonchev–Trinajstić information content (AvgIpc) is 2.26. The number of ether oxygens (including phenoxy) is 1. The van der Waals surface area contributed by atoms with Crippen LogP contribution in [0, 0.1) is 12.8 Å². The molecule has 0 aromatic carbocycles. The summed E-state index contributed by atoms with van der Waals surface area (Å²) in [6.07, 6.45) is 0.0597. The number of pyridine rings is 1. The fourth-order valence-corrected chi connectivity index (χ4v) is 1.23. The maximum atomic E-state index is 8.64. The van der Waals surface area contributed by atoms with Gasteiger partial charge < -0.3 is 15.7 Å². The van der Waals surface area contributed by atoms with Crippen LogP contribution in [0.3, 0.4) is 0 Å². The highest BCUT2D eigenvalue weighted by molar-refractivity contribution is 5.97. The lowest BCUT2D eigenvalue weighted by Crippen LogP contribution is -2.20. The summed E-state index contributed by atoms with van der Waals surface area (Å²) in [6, 6.07) is 3.41. The van der Waals surface area contributed by atoms with Gasteiger partial charge in [-0.05, 0) is 25.8 Å². The van der Waals surface area contributed by atoms with Crippen molar-refractivity contribution in [1.82, 2.24) is 4.98 Å². The first-order valence-corrected chi connectivity index (χ1v) is 5.57. The smallest absolute Gasteiger partial charge is 0.214 e. The molecule has 3 N–H and O–H groups in total. The zero-order valence-corrected chi connectivity index (χ0v) is 10.6. The molecule has 5 nitrogen and oxygen atoms in total. The Morgan fingerprint density at radius 2 is 2.06 bits per heavy atom. The molecule has 1 heterocycles. The largest absolute Gasteiger partial charge is 0.474 e. The second kappa shape index (κ2) is 5.52. The summed E-state index contributed by atoms with van der Waals surface area (Å²) in [5.41, 5.74) is 6.91. The molecule has 0 radical (unpaired) electrons. The maximum Gasteiger partial charge on any atom is 0.214 e. The molecule has 1 aromatic heterocycles. The van der Waals surface area contributed by atoms with Crippen molar-refractivity contribution in [3.05, 3.63) is 23.4 Å². The Morgan fingerprint density at radius 1 is 1.41 bits per heavy atom. The van der Waals surface area contributed by atoms with Gasteiger partial charge in [-0.25, -0.2) is 4.98 Å². The van der Waals surface area contributed by atoms with E-state index in [1.165, 1.54) is 0 Å². The summed E-state index contributed by atoms with van der Waals surface area (Å²) in [4.78, 5) is 4.26. The Hall–Kier alpha value is -1.78. The van der Waals surface area contributed by atoms with Crippen LogP contribution in [-0.2, 0) is 0 Å². The predicted octanol–water partition coefficient (Wildman–Crippen LogP) is 1.91. The van der Waals surface area contributed by atoms with Crippen molar-refractivity contribution in [2.24, 2.45) is 16.8 Å². The lowest BCUT2D eigenvalue weighted by atomic mass is 10.1. The minimum atomic E-state index is 0.0533. The number of rotatable bonds is 4. The molecular formula is C12H19N3O2. The Bertz CT molecular complexity index is 416. The van der Waals surface area contributed by atoms with Crippen LogP contribution >= 0.6 is 0 Å². The van der Waals surface area contributed by atoms with Crippen LogP contribution in [0.5, 0.6) is 5.88 Å². The fraction of sp³-hybridized carbons (Fsp3) is 0.500. The lowest BCUT2D eigenvalue weighted by molar-refractivity contribution is 0.163. The van der Waals surface area contributed by atoms with Crippen molar-refractivity contribution >= 4 is 5.84 Å².